The second kappa shape index (κ2) is 7.45. The van der Waals surface area contributed by atoms with Crippen molar-refractivity contribution in [2.24, 2.45) is 5.10 Å². The van der Waals surface area contributed by atoms with Crippen molar-refractivity contribution in [3.8, 4) is 0 Å². The van der Waals surface area contributed by atoms with Crippen molar-refractivity contribution in [1.29, 1.82) is 0 Å². The quantitative estimate of drug-likeness (QED) is 0.844. The lowest BCUT2D eigenvalue weighted by Crippen LogP contribution is -2.21. The maximum atomic E-state index is 11.8. The topological polar surface area (TPSA) is 41.5 Å². The molecule has 1 aliphatic carbocycles. The van der Waals surface area contributed by atoms with Crippen LogP contribution in [0.1, 0.15) is 31.2 Å². The van der Waals surface area contributed by atoms with Crippen LogP contribution in [-0.2, 0) is 10.5 Å². The Labute approximate surface area is 135 Å². The number of carbonyl (C=O) groups is 1. The lowest BCUT2D eigenvalue weighted by molar-refractivity contribution is -0.118. The molecular formula is C18H20N2OS. The molecule has 114 valence electrons. The average Bonchev–Trinajstić information content (AvgIpc) is 3.06. The molecule has 0 aliphatic heterocycles. The minimum atomic E-state index is -0.00908. The summed E-state index contributed by atoms with van der Waals surface area (Å²) in [6, 6.07) is 14.8. The third-order valence-corrected chi connectivity index (χ3v) is 4.84. The van der Waals surface area contributed by atoms with Gasteiger partial charge in [-0.3, -0.25) is 4.79 Å². The van der Waals surface area contributed by atoms with Crippen LogP contribution in [0, 0.1) is 0 Å². The van der Waals surface area contributed by atoms with E-state index >= 15 is 0 Å². The van der Waals surface area contributed by atoms with Crippen molar-refractivity contribution >= 4 is 34.2 Å². The van der Waals surface area contributed by atoms with E-state index in [1.165, 1.54) is 29.2 Å². The monoisotopic (exact) mass is 312 g/mol. The molecule has 0 aromatic heterocycles. The smallest absolute Gasteiger partial charge is 0.250 e. The number of hydrogen-bond acceptors (Lipinski definition) is 3. The highest BCUT2D eigenvalue weighted by atomic mass is 32.2. The number of carbonyl (C=O) groups excluding carboxylic acids is 1. The van der Waals surface area contributed by atoms with Gasteiger partial charge in [0.1, 0.15) is 0 Å². The fourth-order valence-electron chi connectivity index (χ4n) is 2.66. The molecule has 1 amide bonds. The number of thioether (sulfide) groups is 1. The maximum Gasteiger partial charge on any atom is 0.250 e. The summed E-state index contributed by atoms with van der Waals surface area (Å²) in [5, 5.41) is 6.69. The van der Waals surface area contributed by atoms with E-state index in [2.05, 4.69) is 46.9 Å². The minimum absolute atomic E-state index is 0.00908. The third-order valence-electron chi connectivity index (χ3n) is 3.84. The summed E-state index contributed by atoms with van der Waals surface area (Å²) in [6.45, 7) is 0. The van der Waals surface area contributed by atoms with Gasteiger partial charge in [0, 0.05) is 11.5 Å². The highest BCUT2D eigenvalue weighted by Crippen LogP contribution is 2.19. The molecule has 0 unspecified atom stereocenters. The minimum Gasteiger partial charge on any atom is -0.272 e. The van der Waals surface area contributed by atoms with Gasteiger partial charge in [-0.25, -0.2) is 5.43 Å². The highest BCUT2D eigenvalue weighted by molar-refractivity contribution is 7.99. The molecule has 0 radical (unpaired) electrons. The standard InChI is InChI=1S/C18H20N2OS/c21-18(20-19-17-7-3-4-8-17)13-22-12-14-9-10-15-5-1-2-6-16(15)11-14/h1-2,5-6,9-11H,3-4,7-8,12-13H2,(H,20,21). The zero-order valence-corrected chi connectivity index (χ0v) is 13.4. The van der Waals surface area contributed by atoms with Crippen LogP contribution >= 0.6 is 11.8 Å². The van der Waals surface area contributed by atoms with E-state index in [9.17, 15) is 4.79 Å². The summed E-state index contributed by atoms with van der Waals surface area (Å²) in [4.78, 5) is 11.8. The SMILES string of the molecule is O=C(CSCc1ccc2ccccc2c1)NN=C1CCCC1. The predicted molar refractivity (Wildman–Crippen MR) is 94.2 cm³/mol. The van der Waals surface area contributed by atoms with Crippen LogP contribution in [0.3, 0.4) is 0 Å². The molecule has 0 heterocycles. The van der Waals surface area contributed by atoms with E-state index in [-0.39, 0.29) is 5.91 Å². The number of nitrogens with one attached hydrogen (secondary N) is 1. The van der Waals surface area contributed by atoms with Crippen molar-refractivity contribution in [2.45, 2.75) is 31.4 Å². The first kappa shape index (κ1) is 15.1. The fourth-order valence-corrected chi connectivity index (χ4v) is 3.43. The Hall–Kier alpha value is -1.81. The Kier molecular flexibility index (Phi) is 5.11. The molecule has 4 heteroatoms. The van der Waals surface area contributed by atoms with Gasteiger partial charge in [0.25, 0.3) is 0 Å². The van der Waals surface area contributed by atoms with E-state index in [1.807, 2.05) is 6.07 Å². The highest BCUT2D eigenvalue weighted by Gasteiger charge is 2.08. The van der Waals surface area contributed by atoms with Gasteiger partial charge < -0.3 is 0 Å². The van der Waals surface area contributed by atoms with Crippen molar-refractivity contribution in [3.63, 3.8) is 0 Å². The maximum absolute atomic E-state index is 11.8. The normalized spacial score (nSPS) is 14.3. The molecule has 0 spiro atoms. The Balaban J connectivity index is 1.47. The molecule has 22 heavy (non-hydrogen) atoms. The second-order valence-corrected chi connectivity index (χ2v) is 6.58. The van der Waals surface area contributed by atoms with Crippen molar-refractivity contribution in [1.82, 2.24) is 5.43 Å². The van der Waals surface area contributed by atoms with Crippen LogP contribution < -0.4 is 5.43 Å². The fraction of sp³-hybridized carbons (Fsp3) is 0.333. The Morgan fingerprint density at radius 3 is 2.68 bits per heavy atom. The van der Waals surface area contributed by atoms with Gasteiger partial charge in [-0.15, -0.1) is 11.8 Å². The molecule has 1 aliphatic rings. The van der Waals surface area contributed by atoms with E-state index in [0.717, 1.165) is 24.3 Å². The van der Waals surface area contributed by atoms with Gasteiger partial charge in [0.05, 0.1) is 5.75 Å². The Bertz CT molecular complexity index is 688. The van der Waals surface area contributed by atoms with Crippen LogP contribution in [0.15, 0.2) is 47.6 Å². The first-order chi connectivity index (χ1) is 10.8. The van der Waals surface area contributed by atoms with Crippen LogP contribution in [0.2, 0.25) is 0 Å². The number of rotatable bonds is 5. The number of benzene rings is 2. The molecule has 3 nitrogen and oxygen atoms in total. The van der Waals surface area contributed by atoms with Crippen molar-refractivity contribution < 1.29 is 4.79 Å². The van der Waals surface area contributed by atoms with Gasteiger partial charge in [-0.2, -0.15) is 5.10 Å². The number of hydrogen-bond donors (Lipinski definition) is 1. The van der Waals surface area contributed by atoms with Crippen LogP contribution in [0.25, 0.3) is 10.8 Å². The summed E-state index contributed by atoms with van der Waals surface area (Å²) < 4.78 is 0. The summed E-state index contributed by atoms with van der Waals surface area (Å²) in [5.41, 5.74) is 5.05. The molecule has 3 rings (SSSR count). The van der Waals surface area contributed by atoms with Gasteiger partial charge in [-0.05, 0) is 42.0 Å². The molecule has 1 saturated carbocycles. The lowest BCUT2D eigenvalue weighted by Gasteiger charge is -2.04. The van der Waals surface area contributed by atoms with E-state index in [1.54, 1.807) is 11.8 Å². The van der Waals surface area contributed by atoms with Gasteiger partial charge in [0.15, 0.2) is 0 Å². The van der Waals surface area contributed by atoms with E-state index in [4.69, 9.17) is 0 Å². The van der Waals surface area contributed by atoms with Crippen LogP contribution in [-0.4, -0.2) is 17.4 Å². The second-order valence-electron chi connectivity index (χ2n) is 5.59. The molecule has 0 bridgehead atoms. The molecule has 2 aromatic carbocycles. The number of amides is 1. The lowest BCUT2D eigenvalue weighted by atomic mass is 10.1. The summed E-state index contributed by atoms with van der Waals surface area (Å²) >= 11 is 1.62. The zero-order chi connectivity index (χ0) is 15.2. The van der Waals surface area contributed by atoms with Gasteiger partial charge >= 0.3 is 0 Å². The molecule has 1 N–H and O–H groups in total. The zero-order valence-electron chi connectivity index (χ0n) is 12.5. The van der Waals surface area contributed by atoms with Crippen LogP contribution in [0.4, 0.5) is 0 Å². The summed E-state index contributed by atoms with van der Waals surface area (Å²) in [6.07, 6.45) is 4.46. The van der Waals surface area contributed by atoms with E-state index in [0.29, 0.717) is 5.75 Å². The molecule has 2 aromatic rings. The number of nitrogens with zero attached hydrogens (tertiary/aromatic N) is 1. The average molecular weight is 312 g/mol. The van der Waals surface area contributed by atoms with Gasteiger partial charge in [0.2, 0.25) is 5.91 Å². The first-order valence-electron chi connectivity index (χ1n) is 7.71. The number of fused-ring (bicyclic) bond motifs is 1. The molecule has 0 saturated heterocycles. The van der Waals surface area contributed by atoms with E-state index < -0.39 is 0 Å². The molecular weight excluding hydrogens is 292 g/mol. The predicted octanol–water partition coefficient (Wildman–Crippen LogP) is 4.12. The van der Waals surface area contributed by atoms with Gasteiger partial charge in [-0.1, -0.05) is 42.5 Å². The first-order valence-corrected chi connectivity index (χ1v) is 8.86. The summed E-state index contributed by atoms with van der Waals surface area (Å²) in [5.74, 6) is 1.28. The summed E-state index contributed by atoms with van der Waals surface area (Å²) in [7, 11) is 0. The Morgan fingerprint density at radius 1 is 1.09 bits per heavy atom. The number of hydrazone groups is 1. The third kappa shape index (κ3) is 4.10. The largest absolute Gasteiger partial charge is 0.272 e. The van der Waals surface area contributed by atoms with Crippen LogP contribution in [0.5, 0.6) is 0 Å². The van der Waals surface area contributed by atoms with Crippen molar-refractivity contribution in [2.75, 3.05) is 5.75 Å². The molecule has 0 atom stereocenters. The molecule has 1 fully saturated rings. The van der Waals surface area contributed by atoms with Crippen molar-refractivity contribution in [3.05, 3.63) is 48.0 Å². The Morgan fingerprint density at radius 2 is 1.86 bits per heavy atom.